The van der Waals surface area contributed by atoms with Gasteiger partial charge in [0.1, 0.15) is 18.1 Å². The van der Waals surface area contributed by atoms with E-state index in [1.807, 2.05) is 78.9 Å². The molecule has 0 bridgehead atoms. The number of ether oxygens (including phenoxy) is 3. The summed E-state index contributed by atoms with van der Waals surface area (Å²) in [5, 5.41) is 0. The SMILES string of the molecule is COC(=O)C1=C(C)N(CCc2ccc(OC)cc2)C(=O)/C1=C\c1cccc(OCc2ccccc2)c1. The number of hydrogen-bond acceptors (Lipinski definition) is 5. The average Bonchev–Trinajstić information content (AvgIpc) is 3.15. The van der Waals surface area contributed by atoms with Crippen LogP contribution in [0.25, 0.3) is 6.08 Å². The minimum atomic E-state index is -0.532. The fraction of sp³-hybridized carbons (Fsp3) is 0.200. The zero-order valence-electron chi connectivity index (χ0n) is 20.7. The number of rotatable bonds is 9. The second kappa shape index (κ2) is 11.4. The van der Waals surface area contributed by atoms with Crippen molar-refractivity contribution >= 4 is 18.0 Å². The Morgan fingerprint density at radius 1 is 0.889 bits per heavy atom. The average molecular weight is 484 g/mol. The van der Waals surface area contributed by atoms with Crippen LogP contribution in [0.5, 0.6) is 11.5 Å². The second-order valence-electron chi connectivity index (χ2n) is 8.41. The van der Waals surface area contributed by atoms with Gasteiger partial charge in [-0.25, -0.2) is 4.79 Å². The Morgan fingerprint density at radius 2 is 1.64 bits per heavy atom. The number of hydrogen-bond donors (Lipinski definition) is 0. The molecule has 0 N–H and O–H groups in total. The summed E-state index contributed by atoms with van der Waals surface area (Å²) in [5.74, 6) is 0.697. The highest BCUT2D eigenvalue weighted by Gasteiger charge is 2.36. The predicted molar refractivity (Wildman–Crippen MR) is 138 cm³/mol. The van der Waals surface area contributed by atoms with Gasteiger partial charge in [-0.1, -0.05) is 54.6 Å². The van der Waals surface area contributed by atoms with E-state index in [1.165, 1.54) is 7.11 Å². The lowest BCUT2D eigenvalue weighted by atomic mass is 10.0. The molecule has 0 saturated heterocycles. The lowest BCUT2D eigenvalue weighted by Crippen LogP contribution is -2.27. The first kappa shape index (κ1) is 24.8. The van der Waals surface area contributed by atoms with Crippen LogP contribution in [-0.4, -0.2) is 37.5 Å². The Kier molecular flexibility index (Phi) is 7.85. The maximum absolute atomic E-state index is 13.4. The molecule has 0 spiro atoms. The highest BCUT2D eigenvalue weighted by atomic mass is 16.5. The van der Waals surface area contributed by atoms with Gasteiger partial charge in [-0.2, -0.15) is 0 Å². The van der Waals surface area contributed by atoms with Crippen LogP contribution in [0.3, 0.4) is 0 Å². The standard InChI is InChI=1S/C30H29NO5/c1-21-28(30(33)35-3)27(29(32)31(21)17-16-22-12-14-25(34-2)15-13-22)19-24-10-7-11-26(18-24)36-20-23-8-5-4-6-9-23/h4-15,18-19H,16-17,20H2,1-3H3/b27-19-. The minimum absolute atomic E-state index is 0.225. The maximum atomic E-state index is 13.4. The van der Waals surface area contributed by atoms with Crippen molar-refractivity contribution in [3.8, 4) is 11.5 Å². The molecular weight excluding hydrogens is 454 g/mol. The maximum Gasteiger partial charge on any atom is 0.340 e. The van der Waals surface area contributed by atoms with Crippen LogP contribution in [0.1, 0.15) is 23.6 Å². The molecule has 36 heavy (non-hydrogen) atoms. The van der Waals surface area contributed by atoms with Crippen molar-refractivity contribution < 1.29 is 23.8 Å². The number of amides is 1. The zero-order chi connectivity index (χ0) is 25.5. The number of carbonyl (C=O) groups excluding carboxylic acids is 2. The molecule has 0 fully saturated rings. The van der Waals surface area contributed by atoms with E-state index in [2.05, 4.69) is 0 Å². The van der Waals surface area contributed by atoms with Crippen molar-refractivity contribution in [1.29, 1.82) is 0 Å². The normalized spacial score (nSPS) is 14.4. The molecule has 0 atom stereocenters. The summed E-state index contributed by atoms with van der Waals surface area (Å²) in [7, 11) is 2.95. The van der Waals surface area contributed by atoms with Crippen LogP contribution >= 0.6 is 0 Å². The molecule has 1 heterocycles. The van der Waals surface area contributed by atoms with Gasteiger partial charge in [0.05, 0.1) is 25.4 Å². The fourth-order valence-corrected chi connectivity index (χ4v) is 4.13. The van der Waals surface area contributed by atoms with Crippen molar-refractivity contribution in [1.82, 2.24) is 4.90 Å². The van der Waals surface area contributed by atoms with Crippen molar-refractivity contribution in [3.05, 3.63) is 112 Å². The monoisotopic (exact) mass is 483 g/mol. The summed E-state index contributed by atoms with van der Waals surface area (Å²) >= 11 is 0. The summed E-state index contributed by atoms with van der Waals surface area (Å²) in [5.41, 5.74) is 4.07. The van der Waals surface area contributed by atoms with Crippen LogP contribution in [0.2, 0.25) is 0 Å². The van der Waals surface area contributed by atoms with Crippen LogP contribution in [-0.2, 0) is 27.4 Å². The number of nitrogens with zero attached hydrogens (tertiary/aromatic N) is 1. The third-order valence-electron chi connectivity index (χ3n) is 6.10. The Balaban J connectivity index is 1.55. The highest BCUT2D eigenvalue weighted by Crippen LogP contribution is 2.32. The van der Waals surface area contributed by atoms with E-state index in [4.69, 9.17) is 14.2 Å². The van der Waals surface area contributed by atoms with E-state index >= 15 is 0 Å². The van der Waals surface area contributed by atoms with E-state index in [-0.39, 0.29) is 11.5 Å². The summed E-state index contributed by atoms with van der Waals surface area (Å²) in [6.45, 7) is 2.65. The largest absolute Gasteiger partial charge is 0.497 e. The summed E-state index contributed by atoms with van der Waals surface area (Å²) in [4.78, 5) is 27.7. The molecular formula is C30H29NO5. The molecule has 6 heteroatoms. The summed E-state index contributed by atoms with van der Waals surface area (Å²) in [6, 6.07) is 25.1. The molecule has 0 saturated carbocycles. The van der Waals surface area contributed by atoms with Gasteiger partial charge in [-0.15, -0.1) is 0 Å². The molecule has 3 aromatic carbocycles. The van der Waals surface area contributed by atoms with Crippen molar-refractivity contribution in [3.63, 3.8) is 0 Å². The minimum Gasteiger partial charge on any atom is -0.497 e. The number of methoxy groups -OCH3 is 2. The predicted octanol–water partition coefficient (Wildman–Crippen LogP) is 5.19. The van der Waals surface area contributed by atoms with Crippen LogP contribution < -0.4 is 9.47 Å². The first-order chi connectivity index (χ1) is 17.5. The second-order valence-corrected chi connectivity index (χ2v) is 8.41. The van der Waals surface area contributed by atoms with Gasteiger partial charge in [-0.05, 0) is 60.4 Å². The highest BCUT2D eigenvalue weighted by molar-refractivity contribution is 6.16. The molecule has 1 amide bonds. The number of allylic oxidation sites excluding steroid dienone is 1. The van der Waals surface area contributed by atoms with E-state index in [1.54, 1.807) is 25.0 Å². The first-order valence-electron chi connectivity index (χ1n) is 11.7. The summed E-state index contributed by atoms with van der Waals surface area (Å²) in [6.07, 6.45) is 2.36. The van der Waals surface area contributed by atoms with E-state index in [0.717, 1.165) is 22.4 Å². The Hall–Kier alpha value is -4.32. The zero-order valence-corrected chi connectivity index (χ0v) is 20.7. The van der Waals surface area contributed by atoms with Gasteiger partial charge < -0.3 is 19.1 Å². The Morgan fingerprint density at radius 3 is 2.33 bits per heavy atom. The van der Waals surface area contributed by atoms with Crippen molar-refractivity contribution in [2.45, 2.75) is 20.0 Å². The molecule has 1 aliphatic rings. The first-order valence-corrected chi connectivity index (χ1v) is 11.7. The lowest BCUT2D eigenvalue weighted by Gasteiger charge is -2.18. The smallest absolute Gasteiger partial charge is 0.340 e. The van der Waals surface area contributed by atoms with Gasteiger partial charge in [0.25, 0.3) is 5.91 Å². The van der Waals surface area contributed by atoms with Crippen LogP contribution in [0.4, 0.5) is 0 Å². The molecule has 6 nitrogen and oxygen atoms in total. The van der Waals surface area contributed by atoms with Gasteiger partial charge >= 0.3 is 5.97 Å². The van der Waals surface area contributed by atoms with E-state index < -0.39 is 5.97 Å². The molecule has 0 aliphatic carbocycles. The topological polar surface area (TPSA) is 65.1 Å². The molecule has 0 radical (unpaired) electrons. The molecule has 184 valence electrons. The number of esters is 1. The summed E-state index contributed by atoms with van der Waals surface area (Å²) < 4.78 is 16.2. The third kappa shape index (κ3) is 5.66. The Labute approximate surface area is 211 Å². The molecule has 3 aromatic rings. The third-order valence-corrected chi connectivity index (χ3v) is 6.10. The van der Waals surface area contributed by atoms with Gasteiger partial charge in [-0.3, -0.25) is 4.79 Å². The van der Waals surface area contributed by atoms with Crippen molar-refractivity contribution in [2.24, 2.45) is 0 Å². The quantitative estimate of drug-likeness (QED) is 0.310. The number of carbonyl (C=O) groups is 2. The van der Waals surface area contributed by atoms with E-state index in [9.17, 15) is 9.59 Å². The Bertz CT molecular complexity index is 1290. The van der Waals surface area contributed by atoms with Gasteiger partial charge in [0.2, 0.25) is 0 Å². The molecule has 0 unspecified atom stereocenters. The fourth-order valence-electron chi connectivity index (χ4n) is 4.13. The number of benzene rings is 3. The van der Waals surface area contributed by atoms with Crippen LogP contribution in [0.15, 0.2) is 95.7 Å². The van der Waals surface area contributed by atoms with Gasteiger partial charge in [0.15, 0.2) is 0 Å². The molecule has 4 rings (SSSR count). The molecule has 1 aliphatic heterocycles. The lowest BCUT2D eigenvalue weighted by molar-refractivity contribution is -0.136. The van der Waals surface area contributed by atoms with Crippen molar-refractivity contribution in [2.75, 3.05) is 20.8 Å². The van der Waals surface area contributed by atoms with E-state index in [0.29, 0.717) is 36.6 Å². The van der Waals surface area contributed by atoms with Crippen LogP contribution in [0, 0.1) is 0 Å². The molecule has 0 aromatic heterocycles. The van der Waals surface area contributed by atoms with Gasteiger partial charge in [0, 0.05) is 12.2 Å².